The third-order valence-corrected chi connectivity index (χ3v) is 3.53. The van der Waals surface area contributed by atoms with Crippen LogP contribution in [0.5, 0.6) is 0 Å². The fourth-order valence-corrected chi connectivity index (χ4v) is 2.71. The number of allylic oxidation sites excluding steroid dienone is 2. The predicted octanol–water partition coefficient (Wildman–Crippen LogP) is 1.11. The SMILES string of the molecule is CC12COC3=C(C=C4OCOC(=C3)C4(C)N1)O2. The van der Waals surface area contributed by atoms with Crippen molar-refractivity contribution in [3.8, 4) is 0 Å². The topological polar surface area (TPSA) is 49.0 Å². The summed E-state index contributed by atoms with van der Waals surface area (Å²) in [6.07, 6.45) is 3.77. The summed E-state index contributed by atoms with van der Waals surface area (Å²) in [4.78, 5) is 0. The Hall–Kier alpha value is -1.62. The molecule has 0 amide bonds. The molecule has 1 aliphatic carbocycles. The molecule has 2 atom stereocenters. The Balaban J connectivity index is 2.02. The van der Waals surface area contributed by atoms with Crippen molar-refractivity contribution in [2.24, 2.45) is 0 Å². The van der Waals surface area contributed by atoms with E-state index in [1.54, 1.807) is 0 Å². The van der Waals surface area contributed by atoms with Crippen LogP contribution in [0, 0.1) is 0 Å². The molecule has 4 rings (SSSR count). The van der Waals surface area contributed by atoms with E-state index >= 15 is 0 Å². The van der Waals surface area contributed by atoms with Gasteiger partial charge in [0, 0.05) is 12.2 Å². The summed E-state index contributed by atoms with van der Waals surface area (Å²) < 4.78 is 22.8. The van der Waals surface area contributed by atoms with Gasteiger partial charge in [0.15, 0.2) is 17.2 Å². The van der Waals surface area contributed by atoms with Crippen LogP contribution < -0.4 is 5.32 Å². The fraction of sp³-hybridized carbons (Fsp3) is 0.500. The van der Waals surface area contributed by atoms with Gasteiger partial charge in [0.2, 0.25) is 6.79 Å². The lowest BCUT2D eigenvalue weighted by Gasteiger charge is -2.45. The molecule has 0 saturated carbocycles. The second-order valence-corrected chi connectivity index (χ2v) is 5.02. The van der Waals surface area contributed by atoms with Crippen LogP contribution in [-0.4, -0.2) is 24.7 Å². The summed E-state index contributed by atoms with van der Waals surface area (Å²) in [6, 6.07) is 0. The van der Waals surface area contributed by atoms with Crippen LogP contribution in [0.3, 0.4) is 0 Å². The van der Waals surface area contributed by atoms with Crippen LogP contribution in [-0.2, 0) is 18.9 Å². The smallest absolute Gasteiger partial charge is 0.230 e. The molecule has 2 unspecified atom stereocenters. The molecule has 1 fully saturated rings. The van der Waals surface area contributed by atoms with E-state index in [0.717, 1.165) is 11.5 Å². The number of ether oxygens (including phenoxy) is 4. The van der Waals surface area contributed by atoms with Crippen molar-refractivity contribution in [3.05, 3.63) is 35.2 Å². The van der Waals surface area contributed by atoms with Crippen LogP contribution in [0.25, 0.3) is 0 Å². The minimum atomic E-state index is -0.560. The van der Waals surface area contributed by atoms with Gasteiger partial charge in [0.25, 0.3) is 0 Å². The summed E-state index contributed by atoms with van der Waals surface area (Å²) in [7, 11) is 0. The summed E-state index contributed by atoms with van der Waals surface area (Å²) in [6.45, 7) is 4.69. The Bertz CT molecular complexity index is 507. The number of fused-ring (bicyclic) bond motifs is 1. The van der Waals surface area contributed by atoms with Crippen molar-refractivity contribution >= 4 is 0 Å². The lowest BCUT2D eigenvalue weighted by molar-refractivity contribution is -0.122. The Labute approximate surface area is 98.7 Å². The van der Waals surface area contributed by atoms with Crippen LogP contribution in [0.4, 0.5) is 0 Å². The van der Waals surface area contributed by atoms with E-state index in [2.05, 4.69) is 5.32 Å². The molecule has 0 spiro atoms. The molecule has 17 heavy (non-hydrogen) atoms. The zero-order valence-corrected chi connectivity index (χ0v) is 9.70. The summed E-state index contributed by atoms with van der Waals surface area (Å²) in [5, 5.41) is 3.42. The third kappa shape index (κ3) is 1.07. The van der Waals surface area contributed by atoms with Gasteiger partial charge >= 0.3 is 0 Å². The van der Waals surface area contributed by atoms with Gasteiger partial charge in [0.05, 0.1) is 0 Å². The molecular weight excluding hydrogens is 222 g/mol. The Morgan fingerprint density at radius 1 is 1.06 bits per heavy atom. The van der Waals surface area contributed by atoms with Crippen molar-refractivity contribution in [2.45, 2.75) is 25.1 Å². The average Bonchev–Trinajstić information content (AvgIpc) is 2.36. The lowest BCUT2D eigenvalue weighted by atomic mass is 9.93. The minimum Gasteiger partial charge on any atom is -0.484 e. The minimum absolute atomic E-state index is 0.228. The normalized spacial score (nSPS) is 41.3. The molecule has 90 valence electrons. The zero-order valence-electron chi connectivity index (χ0n) is 9.70. The summed E-state index contributed by atoms with van der Waals surface area (Å²) >= 11 is 0. The zero-order chi connectivity index (χ0) is 11.7. The number of hydrogen-bond donors (Lipinski definition) is 1. The van der Waals surface area contributed by atoms with Crippen LogP contribution in [0.1, 0.15) is 13.8 Å². The molecule has 1 N–H and O–H groups in total. The van der Waals surface area contributed by atoms with Crippen LogP contribution >= 0.6 is 0 Å². The third-order valence-electron chi connectivity index (χ3n) is 3.53. The fourth-order valence-electron chi connectivity index (χ4n) is 2.71. The van der Waals surface area contributed by atoms with Gasteiger partial charge < -0.3 is 18.9 Å². The van der Waals surface area contributed by atoms with Gasteiger partial charge in [-0.3, -0.25) is 5.32 Å². The monoisotopic (exact) mass is 235 g/mol. The van der Waals surface area contributed by atoms with Gasteiger partial charge in [0.1, 0.15) is 23.7 Å². The maximum Gasteiger partial charge on any atom is 0.230 e. The molecule has 3 aliphatic heterocycles. The van der Waals surface area contributed by atoms with Gasteiger partial charge in [-0.25, -0.2) is 0 Å². The van der Waals surface area contributed by atoms with Gasteiger partial charge in [-0.1, -0.05) is 0 Å². The molecule has 5 bridgehead atoms. The van der Waals surface area contributed by atoms with Crippen molar-refractivity contribution < 1.29 is 18.9 Å². The molecular formula is C12H13NO4. The van der Waals surface area contributed by atoms with E-state index in [4.69, 9.17) is 18.9 Å². The van der Waals surface area contributed by atoms with Crippen molar-refractivity contribution in [2.75, 3.05) is 13.4 Å². The first kappa shape index (κ1) is 9.41. The van der Waals surface area contributed by atoms with Crippen molar-refractivity contribution in [1.29, 1.82) is 0 Å². The van der Waals surface area contributed by atoms with Gasteiger partial charge in [-0.2, -0.15) is 0 Å². The lowest BCUT2D eigenvalue weighted by Crippen LogP contribution is -2.62. The summed E-state index contributed by atoms with van der Waals surface area (Å²) in [5.41, 5.74) is -1.05. The van der Waals surface area contributed by atoms with Crippen molar-refractivity contribution in [1.82, 2.24) is 5.32 Å². The Morgan fingerprint density at radius 2 is 1.76 bits per heavy atom. The van der Waals surface area contributed by atoms with Crippen LogP contribution in [0.15, 0.2) is 35.2 Å². The molecule has 0 aromatic heterocycles. The highest BCUT2D eigenvalue weighted by molar-refractivity contribution is 5.45. The van der Waals surface area contributed by atoms with E-state index in [-0.39, 0.29) is 6.79 Å². The molecule has 0 aromatic carbocycles. The molecule has 0 radical (unpaired) electrons. The molecule has 5 nitrogen and oxygen atoms in total. The van der Waals surface area contributed by atoms with Crippen LogP contribution in [0.2, 0.25) is 0 Å². The molecule has 3 heterocycles. The molecule has 0 aromatic rings. The Kier molecular flexibility index (Phi) is 1.45. The second kappa shape index (κ2) is 2.61. The van der Waals surface area contributed by atoms with E-state index in [1.165, 1.54) is 0 Å². The number of rotatable bonds is 0. The molecule has 4 aliphatic rings. The first-order valence-corrected chi connectivity index (χ1v) is 5.64. The highest BCUT2D eigenvalue weighted by Gasteiger charge is 2.52. The van der Waals surface area contributed by atoms with E-state index in [1.807, 2.05) is 26.0 Å². The largest absolute Gasteiger partial charge is 0.484 e. The second-order valence-electron chi connectivity index (χ2n) is 5.02. The Morgan fingerprint density at radius 3 is 2.53 bits per heavy atom. The average molecular weight is 235 g/mol. The highest BCUT2D eigenvalue weighted by atomic mass is 16.7. The first-order valence-electron chi connectivity index (χ1n) is 5.64. The van der Waals surface area contributed by atoms with E-state index in [0.29, 0.717) is 18.1 Å². The number of nitrogens with one attached hydrogen (secondary N) is 1. The van der Waals surface area contributed by atoms with Gasteiger partial charge in [-0.15, -0.1) is 0 Å². The molecule has 1 saturated heterocycles. The highest BCUT2D eigenvalue weighted by Crippen LogP contribution is 2.44. The summed E-state index contributed by atoms with van der Waals surface area (Å²) in [5.74, 6) is 3.04. The predicted molar refractivity (Wildman–Crippen MR) is 57.2 cm³/mol. The van der Waals surface area contributed by atoms with Gasteiger partial charge in [-0.05, 0) is 13.8 Å². The number of hydrogen-bond acceptors (Lipinski definition) is 5. The maximum absolute atomic E-state index is 5.93. The quantitative estimate of drug-likeness (QED) is 0.681. The first-order chi connectivity index (χ1) is 8.09. The van der Waals surface area contributed by atoms with E-state index in [9.17, 15) is 0 Å². The van der Waals surface area contributed by atoms with Crippen molar-refractivity contribution in [3.63, 3.8) is 0 Å². The molecule has 5 heteroatoms. The maximum atomic E-state index is 5.93. The van der Waals surface area contributed by atoms with E-state index < -0.39 is 11.3 Å². The standard InChI is InChI=1S/C12H13NO4/c1-11-5-14-7-3-9-12(2,13-11)10(16-6-15-9)4-8(7)17-11/h3-4,13H,5-6H2,1-2H3.